The van der Waals surface area contributed by atoms with Crippen molar-refractivity contribution < 1.29 is 0 Å². The highest BCUT2D eigenvalue weighted by atomic mass is 15.5. The second kappa shape index (κ2) is 4.07. The number of amidine groups is 2. The Balaban J connectivity index is 1.76. The second-order valence-electron chi connectivity index (χ2n) is 7.59. The summed E-state index contributed by atoms with van der Waals surface area (Å²) in [5, 5.41) is 17.2. The molecule has 2 aliphatic heterocycles. The normalized spacial score (nSPS) is 33.2. The van der Waals surface area contributed by atoms with Crippen LogP contribution in [0, 0.1) is 16.2 Å². The molecule has 3 aliphatic rings. The van der Waals surface area contributed by atoms with E-state index in [4.69, 9.17) is 10.8 Å². The van der Waals surface area contributed by atoms with Gasteiger partial charge in [0.05, 0.1) is 0 Å². The molecule has 2 fully saturated rings. The van der Waals surface area contributed by atoms with Gasteiger partial charge in [-0.2, -0.15) is 0 Å². The smallest absolute Gasteiger partial charge is 0.170 e. The third-order valence-corrected chi connectivity index (χ3v) is 6.41. The average Bonchev–Trinajstić information content (AvgIpc) is 3.09. The minimum absolute atomic E-state index is 0.000185. The van der Waals surface area contributed by atoms with Gasteiger partial charge in [0.15, 0.2) is 11.7 Å². The van der Waals surface area contributed by atoms with E-state index < -0.39 is 0 Å². The molecule has 0 amide bonds. The van der Waals surface area contributed by atoms with Crippen LogP contribution in [-0.4, -0.2) is 17.8 Å². The van der Waals surface area contributed by atoms with Crippen molar-refractivity contribution in [3.8, 4) is 0 Å². The Morgan fingerprint density at radius 3 is 2.25 bits per heavy atom. The summed E-state index contributed by atoms with van der Waals surface area (Å²) in [7, 11) is 0. The first-order chi connectivity index (χ1) is 11.5. The Hall–Kier alpha value is -2.62. The van der Waals surface area contributed by atoms with E-state index in [9.17, 15) is 0 Å². The fraction of sp³-hybridized carbons (Fsp3) is 0.300. The predicted octanol–water partition coefficient (Wildman–Crippen LogP) is 3.98. The van der Waals surface area contributed by atoms with Crippen molar-refractivity contribution in [3.63, 3.8) is 0 Å². The first-order valence-corrected chi connectivity index (χ1v) is 8.39. The van der Waals surface area contributed by atoms with Gasteiger partial charge in [0.25, 0.3) is 0 Å². The molecule has 0 bridgehead atoms. The molecule has 4 heteroatoms. The molecule has 0 radical (unpaired) electrons. The van der Waals surface area contributed by atoms with Crippen LogP contribution in [0.5, 0.6) is 0 Å². The summed E-state index contributed by atoms with van der Waals surface area (Å²) in [6.07, 6.45) is 1.09. The van der Waals surface area contributed by atoms with Crippen LogP contribution in [0.1, 0.15) is 25.8 Å². The van der Waals surface area contributed by atoms with Crippen molar-refractivity contribution in [3.05, 3.63) is 60.2 Å². The highest BCUT2D eigenvalue weighted by Crippen LogP contribution is 2.72. The quantitative estimate of drug-likeness (QED) is 0.836. The summed E-state index contributed by atoms with van der Waals surface area (Å²) >= 11 is 0. The number of rotatable bonds is 1. The van der Waals surface area contributed by atoms with E-state index in [1.807, 2.05) is 41.3 Å². The molecule has 3 unspecified atom stereocenters. The van der Waals surface area contributed by atoms with Gasteiger partial charge < -0.3 is 9.80 Å². The summed E-state index contributed by atoms with van der Waals surface area (Å²) in [5.74, 6) is 0.588. The third kappa shape index (κ3) is 1.36. The van der Waals surface area contributed by atoms with Crippen LogP contribution < -0.4 is 9.80 Å². The fourth-order valence-corrected chi connectivity index (χ4v) is 4.89. The molecule has 2 heterocycles. The van der Waals surface area contributed by atoms with Gasteiger partial charge in [0.2, 0.25) is 0 Å². The zero-order valence-electron chi connectivity index (χ0n) is 13.9. The number of fused-ring (bicyclic) bond motifs is 6. The van der Waals surface area contributed by atoms with E-state index in [0.717, 1.165) is 17.8 Å². The summed E-state index contributed by atoms with van der Waals surface area (Å²) in [4.78, 5) is 4.11. The van der Waals surface area contributed by atoms with Gasteiger partial charge in [-0.1, -0.05) is 50.2 Å². The molecule has 120 valence electrons. The number of hydrogen-bond donors (Lipinski definition) is 2. The van der Waals surface area contributed by atoms with E-state index in [2.05, 4.69) is 36.9 Å². The van der Waals surface area contributed by atoms with Crippen LogP contribution >= 0.6 is 0 Å². The Bertz CT molecular complexity index is 890. The number of nitrogens with one attached hydrogen (secondary N) is 2. The third-order valence-electron chi connectivity index (χ3n) is 6.41. The van der Waals surface area contributed by atoms with Crippen LogP contribution in [0.3, 0.4) is 0 Å². The number of para-hydroxylation sites is 2. The number of benzene rings is 2. The van der Waals surface area contributed by atoms with E-state index in [0.29, 0.717) is 11.7 Å². The summed E-state index contributed by atoms with van der Waals surface area (Å²) in [6.45, 7) is 4.64. The van der Waals surface area contributed by atoms with Gasteiger partial charge in [-0.3, -0.25) is 10.8 Å². The topological polar surface area (TPSA) is 54.2 Å². The van der Waals surface area contributed by atoms with Gasteiger partial charge in [0, 0.05) is 22.2 Å². The van der Waals surface area contributed by atoms with E-state index in [1.54, 1.807) is 0 Å². The van der Waals surface area contributed by atoms with Crippen LogP contribution in [0.25, 0.3) is 0 Å². The Morgan fingerprint density at radius 1 is 0.875 bits per heavy atom. The van der Waals surface area contributed by atoms with Crippen LogP contribution in [-0.2, 0) is 5.41 Å². The van der Waals surface area contributed by atoms with Crippen molar-refractivity contribution in [1.82, 2.24) is 0 Å². The predicted molar refractivity (Wildman–Crippen MR) is 97.2 cm³/mol. The van der Waals surface area contributed by atoms with Gasteiger partial charge in [0.1, 0.15) is 6.17 Å². The largest absolute Gasteiger partial charge is 0.302 e. The Labute approximate surface area is 141 Å². The van der Waals surface area contributed by atoms with Gasteiger partial charge >= 0.3 is 0 Å². The van der Waals surface area contributed by atoms with Crippen LogP contribution in [0.15, 0.2) is 54.6 Å². The maximum absolute atomic E-state index is 8.61. The zero-order chi connectivity index (χ0) is 16.7. The van der Waals surface area contributed by atoms with Crippen molar-refractivity contribution in [1.29, 1.82) is 10.8 Å². The monoisotopic (exact) mass is 316 g/mol. The SMILES string of the molecule is CC12CC1(C)C1N(c3ccccc3)C(=N)C(=N)N1c1ccccc12. The molecule has 3 atom stereocenters. The van der Waals surface area contributed by atoms with Gasteiger partial charge in [-0.25, -0.2) is 0 Å². The second-order valence-corrected chi connectivity index (χ2v) is 7.59. The molecule has 0 aromatic heterocycles. The Kier molecular flexibility index (Phi) is 2.34. The summed E-state index contributed by atoms with van der Waals surface area (Å²) in [5.41, 5.74) is 3.55. The minimum atomic E-state index is -0.000185. The summed E-state index contributed by atoms with van der Waals surface area (Å²) < 4.78 is 0. The van der Waals surface area contributed by atoms with Crippen molar-refractivity contribution >= 4 is 23.0 Å². The summed E-state index contributed by atoms with van der Waals surface area (Å²) in [6, 6.07) is 18.5. The lowest BCUT2D eigenvalue weighted by atomic mass is 9.81. The molecule has 1 saturated carbocycles. The van der Waals surface area contributed by atoms with Crippen LogP contribution in [0.2, 0.25) is 0 Å². The minimum Gasteiger partial charge on any atom is -0.302 e. The molecule has 2 N–H and O–H groups in total. The molecule has 5 rings (SSSR count). The van der Waals surface area contributed by atoms with Crippen molar-refractivity contribution in [2.45, 2.75) is 31.8 Å². The van der Waals surface area contributed by atoms with E-state index in [1.165, 1.54) is 5.56 Å². The van der Waals surface area contributed by atoms with Crippen molar-refractivity contribution in [2.75, 3.05) is 9.80 Å². The number of hydrogen-bond acceptors (Lipinski definition) is 2. The fourth-order valence-electron chi connectivity index (χ4n) is 4.89. The molecule has 1 saturated heterocycles. The van der Waals surface area contributed by atoms with Gasteiger partial charge in [-0.15, -0.1) is 0 Å². The highest BCUT2D eigenvalue weighted by molar-refractivity contribution is 6.50. The zero-order valence-corrected chi connectivity index (χ0v) is 13.9. The molecule has 1 aliphatic carbocycles. The molecule has 2 aromatic rings. The van der Waals surface area contributed by atoms with Crippen molar-refractivity contribution in [2.24, 2.45) is 5.41 Å². The molecule has 0 spiro atoms. The standard InChI is InChI=1S/C20H20N4/c1-19-12-20(19,2)18-23(13-8-4-3-5-9-13)16(21)17(22)24(18)15-11-7-6-10-14(15)19/h3-11,18,21-22H,12H2,1-2H3. The van der Waals surface area contributed by atoms with Crippen LogP contribution in [0.4, 0.5) is 11.4 Å². The lowest BCUT2D eigenvalue weighted by Gasteiger charge is -2.43. The molecule has 4 nitrogen and oxygen atoms in total. The Morgan fingerprint density at radius 2 is 1.50 bits per heavy atom. The first-order valence-electron chi connectivity index (χ1n) is 8.39. The van der Waals surface area contributed by atoms with E-state index >= 15 is 0 Å². The average molecular weight is 316 g/mol. The maximum atomic E-state index is 8.61. The molecule has 2 aromatic carbocycles. The van der Waals surface area contributed by atoms with E-state index in [-0.39, 0.29) is 17.0 Å². The number of anilines is 2. The highest BCUT2D eigenvalue weighted by Gasteiger charge is 2.73. The van der Waals surface area contributed by atoms with Gasteiger partial charge in [-0.05, 0) is 30.2 Å². The first kappa shape index (κ1) is 13.8. The number of nitrogens with zero attached hydrogens (tertiary/aromatic N) is 2. The lowest BCUT2D eigenvalue weighted by Crippen LogP contribution is -2.51. The molecular weight excluding hydrogens is 296 g/mol. The molecule has 24 heavy (non-hydrogen) atoms. The molecular formula is C20H20N4. The maximum Gasteiger partial charge on any atom is 0.170 e. The lowest BCUT2D eigenvalue weighted by molar-refractivity contribution is 0.378.